The summed E-state index contributed by atoms with van der Waals surface area (Å²) in [6.45, 7) is 1.51. The minimum absolute atomic E-state index is 0.293. The standard InChI is InChI=1S/C23H17Cl2NO4/c1-13(22(27)26-18-11-10-14(24)12-17(18)25)29-23(28)21-15-6-2-4-8-19(15)30-20-9-5-3-7-16(20)21/h2-13,21H,1H3,(H,26,27)/t13-/m1/s1. The van der Waals surface area contributed by atoms with Gasteiger partial charge in [0.25, 0.3) is 5.91 Å². The fourth-order valence-corrected chi connectivity index (χ4v) is 3.74. The van der Waals surface area contributed by atoms with Crippen LogP contribution in [0, 0.1) is 0 Å². The van der Waals surface area contributed by atoms with Crippen LogP contribution in [0.3, 0.4) is 0 Å². The van der Waals surface area contributed by atoms with E-state index in [1.54, 1.807) is 24.3 Å². The van der Waals surface area contributed by atoms with Crippen molar-refractivity contribution in [2.24, 2.45) is 0 Å². The normalized spacial score (nSPS) is 13.4. The topological polar surface area (TPSA) is 64.6 Å². The first-order chi connectivity index (χ1) is 14.4. The fraction of sp³-hybridized carbons (Fsp3) is 0.130. The molecule has 3 aromatic rings. The van der Waals surface area contributed by atoms with Crippen molar-refractivity contribution in [2.75, 3.05) is 5.32 Å². The van der Waals surface area contributed by atoms with Gasteiger partial charge < -0.3 is 14.8 Å². The number of fused-ring (bicyclic) bond motifs is 2. The van der Waals surface area contributed by atoms with Gasteiger partial charge in [-0.3, -0.25) is 9.59 Å². The first kappa shape index (κ1) is 20.3. The van der Waals surface area contributed by atoms with Gasteiger partial charge in [0.15, 0.2) is 6.10 Å². The minimum Gasteiger partial charge on any atom is -0.457 e. The van der Waals surface area contributed by atoms with Crippen molar-refractivity contribution in [3.8, 4) is 11.5 Å². The number of nitrogens with one attached hydrogen (secondary N) is 1. The van der Waals surface area contributed by atoms with E-state index < -0.39 is 23.9 Å². The summed E-state index contributed by atoms with van der Waals surface area (Å²) in [5.41, 5.74) is 1.76. The lowest BCUT2D eigenvalue weighted by atomic mass is 9.88. The van der Waals surface area contributed by atoms with Gasteiger partial charge in [-0.1, -0.05) is 59.6 Å². The van der Waals surface area contributed by atoms with Gasteiger partial charge in [0.2, 0.25) is 0 Å². The van der Waals surface area contributed by atoms with Crippen molar-refractivity contribution in [2.45, 2.75) is 18.9 Å². The number of anilines is 1. The Morgan fingerprint density at radius 1 is 0.967 bits per heavy atom. The van der Waals surface area contributed by atoms with Crippen molar-refractivity contribution >= 4 is 40.8 Å². The van der Waals surface area contributed by atoms with Crippen molar-refractivity contribution < 1.29 is 19.1 Å². The summed E-state index contributed by atoms with van der Waals surface area (Å²) in [4.78, 5) is 25.7. The average Bonchev–Trinajstić information content (AvgIpc) is 2.73. The third-order valence-electron chi connectivity index (χ3n) is 4.77. The molecule has 1 heterocycles. The number of ether oxygens (including phenoxy) is 2. The Balaban J connectivity index is 1.54. The summed E-state index contributed by atoms with van der Waals surface area (Å²) >= 11 is 12.0. The van der Waals surface area contributed by atoms with E-state index in [0.29, 0.717) is 38.4 Å². The van der Waals surface area contributed by atoms with Crippen LogP contribution in [0.2, 0.25) is 10.0 Å². The number of amides is 1. The number of hydrogen-bond acceptors (Lipinski definition) is 4. The number of para-hydroxylation sites is 2. The Hall–Kier alpha value is -3.02. The van der Waals surface area contributed by atoms with Crippen molar-refractivity contribution in [3.63, 3.8) is 0 Å². The third kappa shape index (κ3) is 3.99. The predicted octanol–water partition coefficient (Wildman–Crippen LogP) is 5.80. The maximum atomic E-state index is 13.1. The second-order valence-electron chi connectivity index (χ2n) is 6.80. The van der Waals surface area contributed by atoms with Crippen LogP contribution in [0.4, 0.5) is 5.69 Å². The molecule has 30 heavy (non-hydrogen) atoms. The third-order valence-corrected chi connectivity index (χ3v) is 5.31. The van der Waals surface area contributed by atoms with E-state index in [1.807, 2.05) is 36.4 Å². The molecule has 1 aliphatic heterocycles. The largest absolute Gasteiger partial charge is 0.457 e. The van der Waals surface area contributed by atoms with Crippen molar-refractivity contribution in [3.05, 3.63) is 87.9 Å². The van der Waals surface area contributed by atoms with Crippen LogP contribution in [-0.2, 0) is 14.3 Å². The molecule has 0 aliphatic carbocycles. The smallest absolute Gasteiger partial charge is 0.318 e. The fourth-order valence-electron chi connectivity index (χ4n) is 3.28. The van der Waals surface area contributed by atoms with Crippen LogP contribution in [0.1, 0.15) is 24.0 Å². The molecule has 3 aromatic carbocycles. The molecule has 0 bridgehead atoms. The molecular weight excluding hydrogens is 425 g/mol. The van der Waals surface area contributed by atoms with Gasteiger partial charge in [-0.05, 0) is 37.3 Å². The summed E-state index contributed by atoms with van der Waals surface area (Å²) in [6, 6.07) is 19.3. The van der Waals surface area contributed by atoms with Crippen LogP contribution < -0.4 is 10.1 Å². The number of carbonyl (C=O) groups excluding carboxylic acids is 2. The monoisotopic (exact) mass is 441 g/mol. The number of esters is 1. The Morgan fingerprint density at radius 2 is 1.57 bits per heavy atom. The van der Waals surface area contributed by atoms with E-state index in [-0.39, 0.29) is 0 Å². The van der Waals surface area contributed by atoms with E-state index in [9.17, 15) is 9.59 Å². The lowest BCUT2D eigenvalue weighted by Gasteiger charge is -2.27. The SMILES string of the molecule is C[C@@H](OC(=O)C1c2ccccc2Oc2ccccc21)C(=O)Nc1ccc(Cl)cc1Cl. The Labute approximate surface area is 183 Å². The molecule has 0 saturated carbocycles. The second kappa shape index (κ2) is 8.38. The van der Waals surface area contributed by atoms with Crippen LogP contribution in [-0.4, -0.2) is 18.0 Å². The molecule has 0 fully saturated rings. The number of rotatable bonds is 4. The highest BCUT2D eigenvalue weighted by Gasteiger charge is 2.35. The van der Waals surface area contributed by atoms with Gasteiger partial charge >= 0.3 is 5.97 Å². The molecule has 0 spiro atoms. The van der Waals surface area contributed by atoms with Crippen molar-refractivity contribution in [1.29, 1.82) is 0 Å². The summed E-state index contributed by atoms with van der Waals surface area (Å²) in [6.07, 6.45) is -1.04. The average molecular weight is 442 g/mol. The van der Waals surface area contributed by atoms with E-state index >= 15 is 0 Å². The molecule has 1 N–H and O–H groups in total. The second-order valence-corrected chi connectivity index (χ2v) is 7.65. The van der Waals surface area contributed by atoms with Gasteiger partial charge in [-0.25, -0.2) is 0 Å². The summed E-state index contributed by atoms with van der Waals surface area (Å²) < 4.78 is 11.4. The predicted molar refractivity (Wildman–Crippen MR) is 115 cm³/mol. The van der Waals surface area contributed by atoms with E-state index in [2.05, 4.69) is 5.32 Å². The Morgan fingerprint density at radius 3 is 2.17 bits per heavy atom. The molecule has 0 aromatic heterocycles. The molecule has 5 nitrogen and oxygen atoms in total. The summed E-state index contributed by atoms with van der Waals surface area (Å²) in [5.74, 6) is -0.559. The summed E-state index contributed by atoms with van der Waals surface area (Å²) in [5, 5.41) is 3.40. The highest BCUT2D eigenvalue weighted by molar-refractivity contribution is 6.36. The van der Waals surface area contributed by atoms with Crippen LogP contribution in [0.15, 0.2) is 66.7 Å². The maximum Gasteiger partial charge on any atom is 0.318 e. The lowest BCUT2D eigenvalue weighted by Crippen LogP contribution is -2.32. The first-order valence-electron chi connectivity index (χ1n) is 9.26. The zero-order valence-corrected chi connectivity index (χ0v) is 17.4. The van der Waals surface area contributed by atoms with Crippen LogP contribution in [0.5, 0.6) is 11.5 Å². The molecule has 4 rings (SSSR count). The molecule has 1 aliphatic rings. The quantitative estimate of drug-likeness (QED) is 0.519. The Bertz CT molecular complexity index is 1090. The zero-order valence-electron chi connectivity index (χ0n) is 15.9. The molecule has 7 heteroatoms. The maximum absolute atomic E-state index is 13.1. The van der Waals surface area contributed by atoms with Crippen LogP contribution in [0.25, 0.3) is 0 Å². The molecular formula is C23H17Cl2NO4. The van der Waals surface area contributed by atoms with E-state index in [0.717, 1.165) is 0 Å². The first-order valence-corrected chi connectivity index (χ1v) is 10.0. The van der Waals surface area contributed by atoms with E-state index in [1.165, 1.54) is 13.0 Å². The zero-order chi connectivity index (χ0) is 21.3. The number of carbonyl (C=O) groups is 2. The van der Waals surface area contributed by atoms with E-state index in [4.69, 9.17) is 32.7 Å². The lowest BCUT2D eigenvalue weighted by molar-refractivity contribution is -0.153. The van der Waals surface area contributed by atoms with Gasteiger partial charge in [-0.15, -0.1) is 0 Å². The molecule has 0 unspecified atom stereocenters. The number of benzene rings is 3. The van der Waals surface area contributed by atoms with Gasteiger partial charge in [0.1, 0.15) is 17.4 Å². The number of halogens is 2. The Kier molecular flexibility index (Phi) is 5.66. The van der Waals surface area contributed by atoms with Gasteiger partial charge in [0, 0.05) is 16.1 Å². The summed E-state index contributed by atoms with van der Waals surface area (Å²) in [7, 11) is 0. The van der Waals surface area contributed by atoms with Gasteiger partial charge in [-0.2, -0.15) is 0 Å². The highest BCUT2D eigenvalue weighted by atomic mass is 35.5. The molecule has 1 amide bonds. The highest BCUT2D eigenvalue weighted by Crippen LogP contribution is 2.44. The van der Waals surface area contributed by atoms with Gasteiger partial charge in [0.05, 0.1) is 10.7 Å². The molecule has 1 atom stereocenters. The molecule has 0 radical (unpaired) electrons. The minimum atomic E-state index is -1.04. The van der Waals surface area contributed by atoms with Crippen LogP contribution >= 0.6 is 23.2 Å². The molecule has 152 valence electrons. The number of hydrogen-bond donors (Lipinski definition) is 1. The van der Waals surface area contributed by atoms with Crippen molar-refractivity contribution in [1.82, 2.24) is 0 Å². The molecule has 0 saturated heterocycles.